The first-order valence-corrected chi connectivity index (χ1v) is 16.8. The second kappa shape index (κ2) is 16.4. The van der Waals surface area contributed by atoms with Gasteiger partial charge in [0.25, 0.3) is 5.91 Å². The monoisotopic (exact) mass is 606 g/mol. The Bertz CT molecular complexity index is 1220. The van der Waals surface area contributed by atoms with Crippen LogP contribution in [0.25, 0.3) is 0 Å². The van der Waals surface area contributed by atoms with E-state index in [2.05, 4.69) is 60.6 Å². The van der Waals surface area contributed by atoms with Crippen LogP contribution in [-0.2, 0) is 4.79 Å². The molecule has 4 rings (SSSR count). The molecule has 1 unspecified atom stereocenters. The van der Waals surface area contributed by atoms with E-state index in [1.54, 1.807) is 6.07 Å². The van der Waals surface area contributed by atoms with Gasteiger partial charge in [0.2, 0.25) is 0 Å². The SMILES string of the molecule is CCC(C)CN1C[C@H](C)N([C@@H](c2cccc(O)c2)c2cccc(C(=O)N3CCCN(CCCCCC(=O)O)CC3)c2)C[C@H]1C. The lowest BCUT2D eigenvalue weighted by Gasteiger charge is -2.48. The van der Waals surface area contributed by atoms with Gasteiger partial charge in [0.1, 0.15) is 5.75 Å². The molecule has 0 saturated carbocycles. The van der Waals surface area contributed by atoms with E-state index in [0.29, 0.717) is 30.1 Å². The number of rotatable bonds is 13. The van der Waals surface area contributed by atoms with E-state index in [1.807, 2.05) is 29.2 Å². The molecule has 2 heterocycles. The number of carboxylic acid groups (broad SMARTS) is 1. The highest BCUT2D eigenvalue weighted by Crippen LogP contribution is 2.35. The summed E-state index contributed by atoms with van der Waals surface area (Å²) in [6.45, 7) is 16.4. The number of benzene rings is 2. The van der Waals surface area contributed by atoms with Crippen molar-refractivity contribution in [3.63, 3.8) is 0 Å². The number of hydrogen-bond acceptors (Lipinski definition) is 6. The lowest BCUT2D eigenvalue weighted by Crippen LogP contribution is -2.57. The first-order valence-electron chi connectivity index (χ1n) is 16.8. The van der Waals surface area contributed by atoms with Crippen LogP contribution in [0.5, 0.6) is 5.75 Å². The van der Waals surface area contributed by atoms with Gasteiger partial charge in [-0.2, -0.15) is 0 Å². The van der Waals surface area contributed by atoms with Crippen LogP contribution in [0, 0.1) is 5.92 Å². The summed E-state index contributed by atoms with van der Waals surface area (Å²) in [5.41, 5.74) is 2.83. The maximum atomic E-state index is 13.8. The van der Waals surface area contributed by atoms with Gasteiger partial charge in [-0.05, 0) is 87.5 Å². The van der Waals surface area contributed by atoms with Gasteiger partial charge in [-0.15, -0.1) is 0 Å². The summed E-state index contributed by atoms with van der Waals surface area (Å²) >= 11 is 0. The van der Waals surface area contributed by atoms with Gasteiger partial charge in [-0.25, -0.2) is 0 Å². The average molecular weight is 607 g/mol. The number of nitrogens with zero attached hydrogens (tertiary/aromatic N) is 4. The van der Waals surface area contributed by atoms with Crippen molar-refractivity contribution in [2.45, 2.75) is 84.3 Å². The summed E-state index contributed by atoms with van der Waals surface area (Å²) < 4.78 is 0. The molecule has 2 fully saturated rings. The summed E-state index contributed by atoms with van der Waals surface area (Å²) in [5.74, 6) is 0.266. The number of piperazine rings is 1. The predicted molar refractivity (Wildman–Crippen MR) is 176 cm³/mol. The van der Waals surface area contributed by atoms with Gasteiger partial charge in [0.05, 0.1) is 6.04 Å². The van der Waals surface area contributed by atoms with E-state index in [-0.39, 0.29) is 24.1 Å². The zero-order valence-electron chi connectivity index (χ0n) is 27.3. The quantitative estimate of drug-likeness (QED) is 0.282. The van der Waals surface area contributed by atoms with Gasteiger partial charge in [-0.3, -0.25) is 19.4 Å². The van der Waals surface area contributed by atoms with Crippen LogP contribution in [0.15, 0.2) is 48.5 Å². The molecule has 0 aromatic heterocycles. The van der Waals surface area contributed by atoms with E-state index in [9.17, 15) is 14.7 Å². The van der Waals surface area contributed by atoms with Crippen LogP contribution in [0.2, 0.25) is 0 Å². The number of amides is 1. The van der Waals surface area contributed by atoms with Crippen LogP contribution in [0.3, 0.4) is 0 Å². The fourth-order valence-corrected chi connectivity index (χ4v) is 6.85. The van der Waals surface area contributed by atoms with Gasteiger partial charge >= 0.3 is 5.97 Å². The van der Waals surface area contributed by atoms with Crippen LogP contribution < -0.4 is 0 Å². The molecule has 0 aliphatic carbocycles. The molecule has 4 atom stereocenters. The van der Waals surface area contributed by atoms with Crippen LogP contribution >= 0.6 is 0 Å². The van der Waals surface area contributed by atoms with E-state index in [4.69, 9.17) is 5.11 Å². The molecular weight excluding hydrogens is 552 g/mol. The molecule has 0 spiro atoms. The second-order valence-corrected chi connectivity index (χ2v) is 13.2. The minimum atomic E-state index is -0.727. The molecule has 0 radical (unpaired) electrons. The molecular formula is C36H54N4O4. The van der Waals surface area contributed by atoms with Gasteiger partial charge in [-0.1, -0.05) is 51.0 Å². The number of carbonyl (C=O) groups excluding carboxylic acids is 1. The van der Waals surface area contributed by atoms with Crippen molar-refractivity contribution in [2.24, 2.45) is 5.92 Å². The number of aliphatic carboxylic acids is 1. The first-order chi connectivity index (χ1) is 21.2. The van der Waals surface area contributed by atoms with Crippen LogP contribution in [-0.4, -0.2) is 106 Å². The zero-order valence-corrected chi connectivity index (χ0v) is 27.3. The van der Waals surface area contributed by atoms with Crippen molar-refractivity contribution in [2.75, 3.05) is 52.4 Å². The Balaban J connectivity index is 1.49. The fourth-order valence-electron chi connectivity index (χ4n) is 6.85. The first kappa shape index (κ1) is 33.9. The minimum absolute atomic E-state index is 0.0706. The summed E-state index contributed by atoms with van der Waals surface area (Å²) in [6, 6.07) is 16.4. The van der Waals surface area contributed by atoms with Crippen molar-refractivity contribution >= 4 is 11.9 Å². The zero-order chi connectivity index (χ0) is 31.6. The second-order valence-electron chi connectivity index (χ2n) is 13.2. The Morgan fingerprint density at radius 3 is 2.39 bits per heavy atom. The van der Waals surface area contributed by atoms with Crippen LogP contribution in [0.1, 0.15) is 93.7 Å². The number of phenols is 1. The van der Waals surface area contributed by atoms with E-state index < -0.39 is 5.97 Å². The summed E-state index contributed by atoms with van der Waals surface area (Å²) in [6.07, 6.45) is 4.98. The maximum Gasteiger partial charge on any atom is 0.303 e. The molecule has 2 saturated heterocycles. The van der Waals surface area contributed by atoms with Gasteiger partial charge in [0, 0.05) is 63.3 Å². The van der Waals surface area contributed by atoms with Crippen molar-refractivity contribution in [1.29, 1.82) is 0 Å². The molecule has 2 aromatic carbocycles. The Hall–Kier alpha value is -2.94. The van der Waals surface area contributed by atoms with Crippen molar-refractivity contribution in [3.8, 4) is 5.75 Å². The number of carboxylic acids is 1. The number of unbranched alkanes of at least 4 members (excludes halogenated alkanes) is 2. The summed E-state index contributed by atoms with van der Waals surface area (Å²) in [5, 5.41) is 19.3. The smallest absolute Gasteiger partial charge is 0.303 e. The van der Waals surface area contributed by atoms with Gasteiger partial charge < -0.3 is 20.0 Å². The Kier molecular flexibility index (Phi) is 12.6. The third kappa shape index (κ3) is 9.29. The standard InChI is InChI=1S/C36H54N4O4/c1-5-27(2)24-39-25-29(4)40(26-28(39)3)35(31-13-10-15-33(41)23-31)30-12-9-14-32(22-30)36(44)38-19-11-18-37(20-21-38)17-8-6-7-16-34(42)43/h9-10,12-15,22-23,27-29,35,41H,5-8,11,16-21,24-26H2,1-4H3,(H,42,43)/t27?,28-,29+,35-/m1/s1. The third-order valence-electron chi connectivity index (χ3n) is 9.61. The van der Waals surface area contributed by atoms with E-state index in [0.717, 1.165) is 82.6 Å². The highest BCUT2D eigenvalue weighted by molar-refractivity contribution is 5.94. The largest absolute Gasteiger partial charge is 0.508 e. The molecule has 44 heavy (non-hydrogen) atoms. The van der Waals surface area contributed by atoms with Crippen molar-refractivity contribution in [3.05, 3.63) is 65.2 Å². The lowest BCUT2D eigenvalue weighted by atomic mass is 9.92. The van der Waals surface area contributed by atoms with E-state index in [1.165, 1.54) is 6.42 Å². The Labute approximate surface area is 264 Å². The van der Waals surface area contributed by atoms with Gasteiger partial charge in [0.15, 0.2) is 0 Å². The minimum Gasteiger partial charge on any atom is -0.508 e. The number of carbonyl (C=O) groups is 2. The molecule has 0 bridgehead atoms. The van der Waals surface area contributed by atoms with Crippen molar-refractivity contribution < 1.29 is 19.8 Å². The van der Waals surface area contributed by atoms with E-state index >= 15 is 0 Å². The summed E-state index contributed by atoms with van der Waals surface area (Å²) in [7, 11) is 0. The molecule has 8 nitrogen and oxygen atoms in total. The van der Waals surface area contributed by atoms with Crippen molar-refractivity contribution in [1.82, 2.24) is 19.6 Å². The molecule has 2 aromatic rings. The Morgan fingerprint density at radius 1 is 0.909 bits per heavy atom. The topological polar surface area (TPSA) is 87.6 Å². The Morgan fingerprint density at radius 2 is 1.66 bits per heavy atom. The molecule has 2 N–H and O–H groups in total. The maximum absolute atomic E-state index is 13.8. The lowest BCUT2D eigenvalue weighted by molar-refractivity contribution is -0.137. The predicted octanol–water partition coefficient (Wildman–Crippen LogP) is 5.72. The average Bonchev–Trinajstić information content (AvgIpc) is 3.25. The molecule has 1 amide bonds. The number of aromatic hydroxyl groups is 1. The highest BCUT2D eigenvalue weighted by atomic mass is 16.4. The highest BCUT2D eigenvalue weighted by Gasteiger charge is 2.35. The number of hydrogen-bond donors (Lipinski definition) is 2. The number of phenolic OH excluding ortho intramolecular Hbond substituents is 1. The fraction of sp³-hybridized carbons (Fsp3) is 0.611. The summed E-state index contributed by atoms with van der Waals surface area (Å²) in [4.78, 5) is 34.2. The van der Waals surface area contributed by atoms with Crippen LogP contribution in [0.4, 0.5) is 0 Å². The normalized spacial score (nSPS) is 22.0. The molecule has 8 heteroatoms. The molecule has 242 valence electrons. The third-order valence-corrected chi connectivity index (χ3v) is 9.61. The molecule has 2 aliphatic rings. The molecule has 2 aliphatic heterocycles.